The molecule has 0 aliphatic carbocycles. The Morgan fingerprint density at radius 3 is 2.29 bits per heavy atom. The van der Waals surface area contributed by atoms with Gasteiger partial charge in [0.2, 0.25) is 0 Å². The second-order valence-electron chi connectivity index (χ2n) is 4.21. The van der Waals surface area contributed by atoms with E-state index in [1.54, 1.807) is 18.3 Å². The van der Waals surface area contributed by atoms with Gasteiger partial charge in [0.1, 0.15) is 5.75 Å². The maximum atomic E-state index is 9.05. The summed E-state index contributed by atoms with van der Waals surface area (Å²) in [5.74, 6) is 0.269. The molecule has 0 atom stereocenters. The lowest BCUT2D eigenvalue weighted by molar-refractivity contribution is 0.442. The number of nitrogens with zero attached hydrogens (tertiary/aromatic N) is 1. The Hall–Kier alpha value is -1.51. The Morgan fingerprint density at radius 2 is 1.79 bits per heavy atom. The van der Waals surface area contributed by atoms with Crippen molar-refractivity contribution >= 4 is 6.21 Å². The molecule has 1 rings (SSSR count). The van der Waals surface area contributed by atoms with E-state index in [0.717, 1.165) is 5.56 Å². The number of phenolic OH excluding ortho intramolecular Hbond substituents is 1. The lowest BCUT2D eigenvalue weighted by Gasteiger charge is -2.16. The second kappa shape index (κ2) is 4.13. The lowest BCUT2D eigenvalue weighted by Crippen LogP contribution is -2.31. The summed E-state index contributed by atoms with van der Waals surface area (Å²) < 4.78 is 0. The summed E-state index contributed by atoms with van der Waals surface area (Å²) in [6.07, 6.45) is 1.73. The molecule has 1 aromatic carbocycles. The fourth-order valence-corrected chi connectivity index (χ4v) is 0.861. The van der Waals surface area contributed by atoms with Crippen LogP contribution in [-0.2, 0) is 0 Å². The van der Waals surface area contributed by atoms with Gasteiger partial charge < -0.3 is 10.5 Å². The van der Waals surface area contributed by atoms with Gasteiger partial charge in [-0.1, -0.05) is 0 Å². The molecule has 0 fully saturated rings. The Morgan fingerprint density at radius 1 is 1.21 bits per heavy atom. The summed E-state index contributed by atoms with van der Waals surface area (Å²) in [4.78, 5) is 0. The van der Waals surface area contributed by atoms with Crippen LogP contribution in [0.25, 0.3) is 0 Å². The minimum Gasteiger partial charge on any atom is -0.508 e. The molecule has 3 heteroatoms. The van der Waals surface area contributed by atoms with Crippen LogP contribution in [0.3, 0.4) is 0 Å². The third-order valence-corrected chi connectivity index (χ3v) is 1.51. The number of rotatable bonds is 2. The van der Waals surface area contributed by atoms with Crippen molar-refractivity contribution in [1.29, 1.82) is 0 Å². The van der Waals surface area contributed by atoms with Crippen molar-refractivity contribution in [3.8, 4) is 5.75 Å². The smallest absolute Gasteiger partial charge is 0.115 e. The molecule has 0 amide bonds. The zero-order valence-corrected chi connectivity index (χ0v) is 8.78. The number of aromatic hydroxyl groups is 1. The van der Waals surface area contributed by atoms with Crippen LogP contribution in [-0.4, -0.2) is 16.9 Å². The summed E-state index contributed by atoms with van der Waals surface area (Å²) in [6.45, 7) is 6.13. The third kappa shape index (κ3) is 3.94. The van der Waals surface area contributed by atoms with E-state index in [4.69, 9.17) is 5.11 Å². The molecule has 0 bridgehead atoms. The van der Waals surface area contributed by atoms with E-state index in [0.29, 0.717) is 0 Å². The summed E-state index contributed by atoms with van der Waals surface area (Å²) in [5.41, 5.74) is 3.93. The quantitative estimate of drug-likeness (QED) is 0.557. The summed E-state index contributed by atoms with van der Waals surface area (Å²) in [5, 5.41) is 13.1. The fraction of sp³-hybridized carbons (Fsp3) is 0.364. The molecule has 2 N–H and O–H groups in total. The minimum absolute atomic E-state index is 0.0204. The van der Waals surface area contributed by atoms with Crippen molar-refractivity contribution in [2.75, 3.05) is 0 Å². The first-order valence-corrected chi connectivity index (χ1v) is 4.57. The molecule has 0 aliphatic rings. The molecule has 0 saturated carbocycles. The number of nitrogens with one attached hydrogen (secondary N) is 1. The van der Waals surface area contributed by atoms with Gasteiger partial charge in [-0.2, -0.15) is 5.10 Å². The first-order valence-electron chi connectivity index (χ1n) is 4.57. The van der Waals surface area contributed by atoms with Gasteiger partial charge in [-0.3, -0.25) is 0 Å². The van der Waals surface area contributed by atoms with E-state index in [1.165, 1.54) is 0 Å². The highest BCUT2D eigenvalue weighted by atomic mass is 16.3. The first kappa shape index (κ1) is 10.6. The van der Waals surface area contributed by atoms with Gasteiger partial charge in [-0.15, -0.1) is 0 Å². The Bertz CT molecular complexity index is 309. The zero-order chi connectivity index (χ0) is 10.6. The molecule has 14 heavy (non-hydrogen) atoms. The molecule has 0 aliphatic heterocycles. The van der Waals surface area contributed by atoms with E-state index in [9.17, 15) is 0 Å². The maximum Gasteiger partial charge on any atom is 0.115 e. The van der Waals surface area contributed by atoms with E-state index >= 15 is 0 Å². The van der Waals surface area contributed by atoms with Gasteiger partial charge in [-0.25, -0.2) is 0 Å². The lowest BCUT2D eigenvalue weighted by atomic mass is 10.1. The predicted octanol–water partition coefficient (Wildman–Crippen LogP) is 2.11. The van der Waals surface area contributed by atoms with Crippen LogP contribution < -0.4 is 5.43 Å². The van der Waals surface area contributed by atoms with Crippen LogP contribution >= 0.6 is 0 Å². The molecule has 0 unspecified atom stereocenters. The number of hydrazone groups is 1. The molecule has 0 aromatic heterocycles. The van der Waals surface area contributed by atoms with Gasteiger partial charge in [-0.05, 0) is 50.6 Å². The number of hydrogen-bond donors (Lipinski definition) is 2. The summed E-state index contributed by atoms with van der Waals surface area (Å²) in [7, 11) is 0. The molecular formula is C11H16N2O. The van der Waals surface area contributed by atoms with Crippen molar-refractivity contribution in [2.24, 2.45) is 5.10 Å². The monoisotopic (exact) mass is 192 g/mol. The normalized spacial score (nSPS) is 11.9. The first-order chi connectivity index (χ1) is 6.47. The largest absolute Gasteiger partial charge is 0.508 e. The topological polar surface area (TPSA) is 44.6 Å². The van der Waals surface area contributed by atoms with E-state index in [-0.39, 0.29) is 11.3 Å². The molecule has 1 aromatic rings. The van der Waals surface area contributed by atoms with Crippen LogP contribution in [0, 0.1) is 0 Å². The highest BCUT2D eigenvalue weighted by Gasteiger charge is 2.05. The molecule has 0 saturated heterocycles. The highest BCUT2D eigenvalue weighted by molar-refractivity contribution is 5.79. The SMILES string of the molecule is CC(C)(C)N/N=C/c1ccc(O)cc1. The molecule has 0 spiro atoms. The Labute approximate surface area is 84.5 Å². The molecule has 0 radical (unpaired) electrons. The van der Waals surface area contributed by atoms with E-state index < -0.39 is 0 Å². The standard InChI is InChI=1S/C11H16N2O/c1-11(2,3)13-12-8-9-4-6-10(14)7-5-9/h4-8,13-14H,1-3H3/b12-8+. The Kier molecular flexibility index (Phi) is 3.12. The van der Waals surface area contributed by atoms with Gasteiger partial charge in [0.05, 0.1) is 6.21 Å². The van der Waals surface area contributed by atoms with E-state index in [2.05, 4.69) is 10.5 Å². The van der Waals surface area contributed by atoms with Crippen LogP contribution in [0.1, 0.15) is 26.3 Å². The van der Waals surface area contributed by atoms with Crippen molar-refractivity contribution in [3.05, 3.63) is 29.8 Å². The van der Waals surface area contributed by atoms with E-state index in [1.807, 2.05) is 32.9 Å². The average molecular weight is 192 g/mol. The number of hydrogen-bond acceptors (Lipinski definition) is 3. The molecule has 3 nitrogen and oxygen atoms in total. The number of phenols is 1. The molecule has 76 valence electrons. The van der Waals surface area contributed by atoms with Crippen LogP contribution in [0.5, 0.6) is 5.75 Å². The van der Waals surface area contributed by atoms with Gasteiger partial charge in [0.25, 0.3) is 0 Å². The predicted molar refractivity (Wildman–Crippen MR) is 58.6 cm³/mol. The average Bonchev–Trinajstić information content (AvgIpc) is 2.06. The zero-order valence-electron chi connectivity index (χ0n) is 8.78. The minimum atomic E-state index is -0.0204. The Balaban J connectivity index is 2.57. The summed E-state index contributed by atoms with van der Waals surface area (Å²) >= 11 is 0. The van der Waals surface area contributed by atoms with Crippen molar-refractivity contribution in [2.45, 2.75) is 26.3 Å². The van der Waals surface area contributed by atoms with Crippen molar-refractivity contribution in [1.82, 2.24) is 5.43 Å². The van der Waals surface area contributed by atoms with Crippen LogP contribution in [0.15, 0.2) is 29.4 Å². The maximum absolute atomic E-state index is 9.05. The third-order valence-electron chi connectivity index (χ3n) is 1.51. The summed E-state index contributed by atoms with van der Waals surface area (Å²) in [6, 6.07) is 6.89. The van der Waals surface area contributed by atoms with Gasteiger partial charge in [0, 0.05) is 5.54 Å². The van der Waals surface area contributed by atoms with Crippen LogP contribution in [0.4, 0.5) is 0 Å². The van der Waals surface area contributed by atoms with Gasteiger partial charge in [0.15, 0.2) is 0 Å². The van der Waals surface area contributed by atoms with Gasteiger partial charge >= 0.3 is 0 Å². The second-order valence-corrected chi connectivity index (χ2v) is 4.21. The highest BCUT2D eigenvalue weighted by Crippen LogP contribution is 2.07. The molecule has 0 heterocycles. The van der Waals surface area contributed by atoms with Crippen molar-refractivity contribution < 1.29 is 5.11 Å². The fourth-order valence-electron chi connectivity index (χ4n) is 0.861. The van der Waals surface area contributed by atoms with Crippen molar-refractivity contribution in [3.63, 3.8) is 0 Å². The number of benzene rings is 1. The molecular weight excluding hydrogens is 176 g/mol. The van der Waals surface area contributed by atoms with Crippen LogP contribution in [0.2, 0.25) is 0 Å².